The number of benzene rings is 3. The zero-order chi connectivity index (χ0) is 16.4. The van der Waals surface area contributed by atoms with Gasteiger partial charge in [-0.05, 0) is 28.0 Å². The highest BCUT2D eigenvalue weighted by atomic mass is 16.6. The van der Waals surface area contributed by atoms with Gasteiger partial charge in [0.2, 0.25) is 0 Å². The first kappa shape index (κ1) is 15.0. The Morgan fingerprint density at radius 3 is 2.57 bits per heavy atom. The van der Waals surface area contributed by atoms with E-state index in [0.717, 1.165) is 10.8 Å². The molecule has 0 radical (unpaired) electrons. The Bertz CT molecular complexity index is 871. The maximum absolute atomic E-state index is 11.1. The lowest BCUT2D eigenvalue weighted by Gasteiger charge is -2.15. The standard InChI is InChI=1S/C18H15NO4/c1-23-17-10-9-13(11-16(17)19(21)22)18(20)15-8-4-6-12-5-2-3-7-14(12)15/h2-11,18,20H,1H3. The van der Waals surface area contributed by atoms with Gasteiger partial charge in [0.05, 0.1) is 12.0 Å². The van der Waals surface area contributed by atoms with Crippen molar-refractivity contribution in [2.24, 2.45) is 0 Å². The highest BCUT2D eigenvalue weighted by Gasteiger charge is 2.20. The molecule has 0 amide bonds. The number of nitro groups is 1. The van der Waals surface area contributed by atoms with E-state index in [4.69, 9.17) is 4.74 Å². The molecular formula is C18H15NO4. The fourth-order valence-corrected chi connectivity index (χ4v) is 2.69. The van der Waals surface area contributed by atoms with E-state index in [1.165, 1.54) is 19.2 Å². The third kappa shape index (κ3) is 2.74. The maximum atomic E-state index is 11.1. The van der Waals surface area contributed by atoms with E-state index >= 15 is 0 Å². The molecule has 5 nitrogen and oxygen atoms in total. The first-order valence-electron chi connectivity index (χ1n) is 7.10. The van der Waals surface area contributed by atoms with Crippen LogP contribution in [0.25, 0.3) is 10.8 Å². The van der Waals surface area contributed by atoms with Gasteiger partial charge in [-0.2, -0.15) is 0 Å². The highest BCUT2D eigenvalue weighted by Crippen LogP contribution is 2.34. The topological polar surface area (TPSA) is 72.6 Å². The molecule has 3 rings (SSSR count). The molecule has 0 spiro atoms. The summed E-state index contributed by atoms with van der Waals surface area (Å²) in [4.78, 5) is 10.6. The second-order valence-electron chi connectivity index (χ2n) is 5.16. The molecule has 0 fully saturated rings. The fraction of sp³-hybridized carbons (Fsp3) is 0.111. The maximum Gasteiger partial charge on any atom is 0.311 e. The summed E-state index contributed by atoms with van der Waals surface area (Å²) in [6, 6.07) is 17.8. The lowest BCUT2D eigenvalue weighted by molar-refractivity contribution is -0.385. The van der Waals surface area contributed by atoms with Crippen LogP contribution < -0.4 is 4.74 Å². The molecule has 0 heterocycles. The Kier molecular flexibility index (Phi) is 3.95. The molecule has 1 unspecified atom stereocenters. The minimum atomic E-state index is -0.953. The van der Waals surface area contributed by atoms with Crippen molar-refractivity contribution in [2.45, 2.75) is 6.10 Å². The van der Waals surface area contributed by atoms with Gasteiger partial charge < -0.3 is 9.84 Å². The molecule has 0 bridgehead atoms. The van der Waals surface area contributed by atoms with E-state index in [1.54, 1.807) is 6.07 Å². The number of fused-ring (bicyclic) bond motifs is 1. The van der Waals surface area contributed by atoms with E-state index in [-0.39, 0.29) is 11.4 Å². The van der Waals surface area contributed by atoms with Gasteiger partial charge in [-0.1, -0.05) is 48.5 Å². The number of nitro benzene ring substituents is 1. The minimum Gasteiger partial charge on any atom is -0.490 e. The van der Waals surface area contributed by atoms with Crippen LogP contribution in [0.1, 0.15) is 17.2 Å². The molecule has 5 heteroatoms. The molecule has 3 aromatic carbocycles. The molecular weight excluding hydrogens is 294 g/mol. The molecule has 0 saturated heterocycles. The molecule has 1 N–H and O–H groups in total. The van der Waals surface area contributed by atoms with Crippen LogP contribution in [0.3, 0.4) is 0 Å². The van der Waals surface area contributed by atoms with Gasteiger partial charge in [0.25, 0.3) is 0 Å². The summed E-state index contributed by atoms with van der Waals surface area (Å²) in [5.41, 5.74) is 1.00. The largest absolute Gasteiger partial charge is 0.490 e. The number of hydrogen-bond donors (Lipinski definition) is 1. The van der Waals surface area contributed by atoms with Crippen molar-refractivity contribution >= 4 is 16.5 Å². The van der Waals surface area contributed by atoms with Crippen LogP contribution in [0, 0.1) is 10.1 Å². The van der Waals surface area contributed by atoms with Gasteiger partial charge >= 0.3 is 5.69 Å². The third-order valence-corrected chi connectivity index (χ3v) is 3.83. The van der Waals surface area contributed by atoms with Crippen LogP contribution in [0.2, 0.25) is 0 Å². The number of nitrogens with zero attached hydrogens (tertiary/aromatic N) is 1. The summed E-state index contributed by atoms with van der Waals surface area (Å²) >= 11 is 0. The molecule has 23 heavy (non-hydrogen) atoms. The normalized spacial score (nSPS) is 12.1. The Morgan fingerprint density at radius 2 is 1.83 bits per heavy atom. The summed E-state index contributed by atoms with van der Waals surface area (Å²) < 4.78 is 4.99. The van der Waals surface area contributed by atoms with Crippen molar-refractivity contribution in [3.05, 3.63) is 81.9 Å². The van der Waals surface area contributed by atoms with Crippen molar-refractivity contribution < 1.29 is 14.8 Å². The van der Waals surface area contributed by atoms with Crippen molar-refractivity contribution in [3.63, 3.8) is 0 Å². The Morgan fingerprint density at radius 1 is 1.09 bits per heavy atom. The number of methoxy groups -OCH3 is 1. The van der Waals surface area contributed by atoms with Gasteiger partial charge in [-0.3, -0.25) is 10.1 Å². The van der Waals surface area contributed by atoms with Crippen LogP contribution >= 0.6 is 0 Å². The van der Waals surface area contributed by atoms with E-state index in [9.17, 15) is 15.2 Å². The van der Waals surface area contributed by atoms with Crippen LogP contribution in [0.5, 0.6) is 5.75 Å². The van der Waals surface area contributed by atoms with Crippen molar-refractivity contribution in [1.82, 2.24) is 0 Å². The number of aliphatic hydroxyl groups is 1. The molecule has 0 aliphatic carbocycles. The molecule has 0 aliphatic heterocycles. The number of hydrogen-bond acceptors (Lipinski definition) is 4. The number of aliphatic hydroxyl groups excluding tert-OH is 1. The number of rotatable bonds is 4. The van der Waals surface area contributed by atoms with Crippen molar-refractivity contribution in [1.29, 1.82) is 0 Å². The monoisotopic (exact) mass is 309 g/mol. The Labute approximate surface area is 132 Å². The fourth-order valence-electron chi connectivity index (χ4n) is 2.69. The summed E-state index contributed by atoms with van der Waals surface area (Å²) in [5.74, 6) is 0.170. The van der Waals surface area contributed by atoms with E-state index < -0.39 is 11.0 Å². The first-order chi connectivity index (χ1) is 11.1. The SMILES string of the molecule is COc1ccc(C(O)c2cccc3ccccc23)cc1[N+](=O)[O-]. The second-order valence-corrected chi connectivity index (χ2v) is 5.16. The average molecular weight is 309 g/mol. The Hall–Kier alpha value is -2.92. The van der Waals surface area contributed by atoms with Crippen molar-refractivity contribution in [2.75, 3.05) is 7.11 Å². The second kappa shape index (κ2) is 6.06. The lowest BCUT2D eigenvalue weighted by atomic mass is 9.95. The third-order valence-electron chi connectivity index (χ3n) is 3.83. The molecule has 3 aromatic rings. The smallest absolute Gasteiger partial charge is 0.311 e. The molecule has 116 valence electrons. The highest BCUT2D eigenvalue weighted by molar-refractivity contribution is 5.86. The quantitative estimate of drug-likeness (QED) is 0.587. The van der Waals surface area contributed by atoms with Gasteiger partial charge in [-0.25, -0.2) is 0 Å². The predicted molar refractivity (Wildman–Crippen MR) is 87.7 cm³/mol. The van der Waals surface area contributed by atoms with E-state index in [1.807, 2.05) is 42.5 Å². The van der Waals surface area contributed by atoms with Gasteiger partial charge in [0.1, 0.15) is 6.10 Å². The van der Waals surface area contributed by atoms with Crippen molar-refractivity contribution in [3.8, 4) is 5.75 Å². The van der Waals surface area contributed by atoms with Crippen LogP contribution in [-0.4, -0.2) is 17.1 Å². The average Bonchev–Trinajstić information content (AvgIpc) is 2.60. The van der Waals surface area contributed by atoms with Gasteiger partial charge in [0, 0.05) is 6.07 Å². The zero-order valence-corrected chi connectivity index (χ0v) is 12.5. The van der Waals surface area contributed by atoms with Crippen LogP contribution in [-0.2, 0) is 0 Å². The predicted octanol–water partition coefficient (Wildman–Crippen LogP) is 3.84. The Balaban J connectivity index is 2.11. The molecule has 0 aromatic heterocycles. The lowest BCUT2D eigenvalue weighted by Crippen LogP contribution is -2.02. The van der Waals surface area contributed by atoms with Gasteiger partial charge in [-0.15, -0.1) is 0 Å². The van der Waals surface area contributed by atoms with Gasteiger partial charge in [0.15, 0.2) is 5.75 Å². The van der Waals surface area contributed by atoms with Crippen LogP contribution in [0.15, 0.2) is 60.7 Å². The summed E-state index contributed by atoms with van der Waals surface area (Å²) in [6.45, 7) is 0. The summed E-state index contributed by atoms with van der Waals surface area (Å²) in [6.07, 6.45) is -0.953. The molecule has 0 aliphatic rings. The minimum absolute atomic E-state index is 0.163. The molecule has 1 atom stereocenters. The zero-order valence-electron chi connectivity index (χ0n) is 12.5. The number of ether oxygens (including phenoxy) is 1. The van der Waals surface area contributed by atoms with E-state index in [0.29, 0.717) is 11.1 Å². The summed E-state index contributed by atoms with van der Waals surface area (Å²) in [5, 5.41) is 23.8. The molecule has 0 saturated carbocycles. The summed E-state index contributed by atoms with van der Waals surface area (Å²) in [7, 11) is 1.38. The van der Waals surface area contributed by atoms with Crippen LogP contribution in [0.4, 0.5) is 5.69 Å². The van der Waals surface area contributed by atoms with E-state index in [2.05, 4.69) is 0 Å². The first-order valence-corrected chi connectivity index (χ1v) is 7.10.